The molecule has 0 saturated heterocycles. The molecule has 0 aromatic carbocycles. The number of aliphatic hydroxyl groups excluding tert-OH is 2. The number of hydrogen-bond donors (Lipinski definition) is 3. The minimum absolute atomic E-state index is 0.194. The smallest absolute Gasteiger partial charge is 0.0446 e. The van der Waals surface area contributed by atoms with Crippen molar-refractivity contribution in [2.45, 2.75) is 52.5 Å². The zero-order valence-corrected chi connectivity index (χ0v) is 10.4. The normalized spacial score (nSPS) is 14.2. The van der Waals surface area contributed by atoms with E-state index >= 15 is 0 Å². The second kappa shape index (κ2) is 8.08. The van der Waals surface area contributed by atoms with E-state index in [0.29, 0.717) is 12.6 Å². The molecule has 3 nitrogen and oxygen atoms in total. The van der Waals surface area contributed by atoms with Crippen LogP contribution in [-0.4, -0.2) is 36.0 Å². The van der Waals surface area contributed by atoms with Gasteiger partial charge in [-0.05, 0) is 37.6 Å². The lowest BCUT2D eigenvalue weighted by atomic mass is 9.85. The van der Waals surface area contributed by atoms with E-state index in [1.807, 2.05) is 0 Å². The fraction of sp³-hybridized carbons (Fsp3) is 1.00. The molecule has 0 saturated carbocycles. The van der Waals surface area contributed by atoms with Gasteiger partial charge in [-0.1, -0.05) is 20.8 Å². The predicted octanol–water partition coefficient (Wildman–Crippen LogP) is 1.54. The molecule has 0 rings (SSSR count). The monoisotopic (exact) mass is 217 g/mol. The van der Waals surface area contributed by atoms with Crippen molar-refractivity contribution in [3.63, 3.8) is 0 Å². The average molecular weight is 217 g/mol. The maximum absolute atomic E-state index is 8.97. The summed E-state index contributed by atoms with van der Waals surface area (Å²) in [7, 11) is 0. The fourth-order valence-electron chi connectivity index (χ4n) is 1.66. The van der Waals surface area contributed by atoms with E-state index < -0.39 is 0 Å². The molecule has 0 aliphatic rings. The number of nitrogens with one attached hydrogen (secondary N) is 1. The van der Waals surface area contributed by atoms with Crippen molar-refractivity contribution in [2.24, 2.45) is 5.41 Å². The third kappa shape index (κ3) is 7.77. The van der Waals surface area contributed by atoms with Gasteiger partial charge in [0, 0.05) is 19.3 Å². The van der Waals surface area contributed by atoms with Crippen LogP contribution in [-0.2, 0) is 0 Å². The van der Waals surface area contributed by atoms with Crippen LogP contribution in [0.15, 0.2) is 0 Å². The molecule has 15 heavy (non-hydrogen) atoms. The molecule has 0 amide bonds. The zero-order valence-electron chi connectivity index (χ0n) is 10.4. The molecular weight excluding hydrogens is 190 g/mol. The van der Waals surface area contributed by atoms with Crippen LogP contribution in [0.25, 0.3) is 0 Å². The molecule has 0 fully saturated rings. The second-order valence-electron chi connectivity index (χ2n) is 5.17. The Bertz CT molecular complexity index is 143. The topological polar surface area (TPSA) is 52.5 Å². The first kappa shape index (κ1) is 14.9. The van der Waals surface area contributed by atoms with E-state index in [1.165, 1.54) is 0 Å². The molecule has 3 heteroatoms. The summed E-state index contributed by atoms with van der Waals surface area (Å²) in [5.41, 5.74) is 0.194. The summed E-state index contributed by atoms with van der Waals surface area (Å²) >= 11 is 0. The Morgan fingerprint density at radius 3 is 2.13 bits per heavy atom. The molecule has 0 spiro atoms. The van der Waals surface area contributed by atoms with Gasteiger partial charge in [-0.15, -0.1) is 0 Å². The fourth-order valence-corrected chi connectivity index (χ4v) is 1.66. The SMILES string of the molecule is CC(C)(C)C(CCO)NCCCCCO. The van der Waals surface area contributed by atoms with Crippen LogP contribution in [0.2, 0.25) is 0 Å². The van der Waals surface area contributed by atoms with Gasteiger partial charge in [-0.2, -0.15) is 0 Å². The molecule has 3 N–H and O–H groups in total. The Morgan fingerprint density at radius 1 is 1.00 bits per heavy atom. The number of aliphatic hydroxyl groups is 2. The van der Waals surface area contributed by atoms with Gasteiger partial charge in [0.1, 0.15) is 0 Å². The Morgan fingerprint density at radius 2 is 1.67 bits per heavy atom. The average Bonchev–Trinajstić information content (AvgIpc) is 2.14. The van der Waals surface area contributed by atoms with Crippen LogP contribution >= 0.6 is 0 Å². The highest BCUT2D eigenvalue weighted by Gasteiger charge is 2.22. The lowest BCUT2D eigenvalue weighted by Gasteiger charge is -2.31. The van der Waals surface area contributed by atoms with Crippen molar-refractivity contribution in [3.05, 3.63) is 0 Å². The predicted molar refractivity (Wildman–Crippen MR) is 63.9 cm³/mol. The Kier molecular flexibility index (Phi) is 8.02. The van der Waals surface area contributed by atoms with Gasteiger partial charge < -0.3 is 15.5 Å². The highest BCUT2D eigenvalue weighted by molar-refractivity contribution is 4.79. The molecule has 0 aliphatic carbocycles. The minimum Gasteiger partial charge on any atom is -0.396 e. The van der Waals surface area contributed by atoms with Gasteiger partial charge in [0.25, 0.3) is 0 Å². The summed E-state index contributed by atoms with van der Waals surface area (Å²) < 4.78 is 0. The lowest BCUT2D eigenvalue weighted by molar-refractivity contribution is 0.196. The summed E-state index contributed by atoms with van der Waals surface area (Å²) in [5, 5.41) is 21.1. The van der Waals surface area contributed by atoms with Gasteiger partial charge in [-0.25, -0.2) is 0 Å². The second-order valence-corrected chi connectivity index (χ2v) is 5.17. The van der Waals surface area contributed by atoms with Gasteiger partial charge in [-0.3, -0.25) is 0 Å². The first-order chi connectivity index (χ1) is 7.02. The third-order valence-corrected chi connectivity index (χ3v) is 2.69. The number of rotatable bonds is 8. The molecule has 92 valence electrons. The van der Waals surface area contributed by atoms with Crippen LogP contribution in [0, 0.1) is 5.41 Å². The van der Waals surface area contributed by atoms with Crippen LogP contribution in [0.4, 0.5) is 0 Å². The van der Waals surface area contributed by atoms with Crippen LogP contribution < -0.4 is 5.32 Å². The zero-order chi connectivity index (χ0) is 11.7. The van der Waals surface area contributed by atoms with Crippen LogP contribution in [0.3, 0.4) is 0 Å². The molecule has 1 unspecified atom stereocenters. The highest BCUT2D eigenvalue weighted by Crippen LogP contribution is 2.21. The minimum atomic E-state index is 0.194. The van der Waals surface area contributed by atoms with Crippen molar-refractivity contribution in [2.75, 3.05) is 19.8 Å². The molecule has 0 bridgehead atoms. The van der Waals surface area contributed by atoms with Crippen molar-refractivity contribution in [1.29, 1.82) is 0 Å². The summed E-state index contributed by atoms with van der Waals surface area (Å²) in [6.07, 6.45) is 3.86. The molecule has 0 aromatic heterocycles. The van der Waals surface area contributed by atoms with Crippen LogP contribution in [0.1, 0.15) is 46.5 Å². The first-order valence-corrected chi connectivity index (χ1v) is 5.97. The van der Waals surface area contributed by atoms with E-state index in [4.69, 9.17) is 10.2 Å². The van der Waals surface area contributed by atoms with Gasteiger partial charge in [0.05, 0.1) is 0 Å². The van der Waals surface area contributed by atoms with Gasteiger partial charge in [0.15, 0.2) is 0 Å². The Labute approximate surface area is 93.9 Å². The Balaban J connectivity index is 3.67. The summed E-state index contributed by atoms with van der Waals surface area (Å²) in [6, 6.07) is 0.372. The van der Waals surface area contributed by atoms with Crippen molar-refractivity contribution < 1.29 is 10.2 Å². The third-order valence-electron chi connectivity index (χ3n) is 2.69. The highest BCUT2D eigenvalue weighted by atomic mass is 16.3. The van der Waals surface area contributed by atoms with E-state index in [1.54, 1.807) is 0 Å². The van der Waals surface area contributed by atoms with Crippen molar-refractivity contribution in [1.82, 2.24) is 5.32 Å². The molecule has 1 atom stereocenters. The molecule has 0 aliphatic heterocycles. The van der Waals surface area contributed by atoms with Crippen molar-refractivity contribution >= 4 is 0 Å². The Hall–Kier alpha value is -0.120. The van der Waals surface area contributed by atoms with Crippen molar-refractivity contribution in [3.8, 4) is 0 Å². The van der Waals surface area contributed by atoms with Gasteiger partial charge >= 0.3 is 0 Å². The summed E-state index contributed by atoms with van der Waals surface area (Å²) in [5.74, 6) is 0. The molecule has 0 radical (unpaired) electrons. The standard InChI is InChI=1S/C12H27NO2/c1-12(2,3)11(7-10-15)13-8-5-4-6-9-14/h11,13-15H,4-10H2,1-3H3. The van der Waals surface area contributed by atoms with E-state index in [0.717, 1.165) is 32.2 Å². The maximum Gasteiger partial charge on any atom is 0.0446 e. The first-order valence-electron chi connectivity index (χ1n) is 5.97. The molecule has 0 aromatic rings. The largest absolute Gasteiger partial charge is 0.396 e. The lowest BCUT2D eigenvalue weighted by Crippen LogP contribution is -2.41. The van der Waals surface area contributed by atoms with E-state index in [2.05, 4.69) is 26.1 Å². The molecule has 0 heterocycles. The maximum atomic E-state index is 8.97. The van der Waals surface area contributed by atoms with Gasteiger partial charge in [0.2, 0.25) is 0 Å². The van der Waals surface area contributed by atoms with Crippen LogP contribution in [0.5, 0.6) is 0 Å². The number of unbranched alkanes of at least 4 members (excludes halogenated alkanes) is 2. The quantitative estimate of drug-likeness (QED) is 0.541. The van der Waals surface area contributed by atoms with E-state index in [9.17, 15) is 0 Å². The summed E-state index contributed by atoms with van der Waals surface area (Å²) in [4.78, 5) is 0. The molecular formula is C12H27NO2. The van der Waals surface area contributed by atoms with E-state index in [-0.39, 0.29) is 12.0 Å². The number of hydrogen-bond acceptors (Lipinski definition) is 3. The summed E-state index contributed by atoms with van der Waals surface area (Å²) in [6.45, 7) is 8.07.